The lowest BCUT2D eigenvalue weighted by molar-refractivity contribution is -0.127. The van der Waals surface area contributed by atoms with Gasteiger partial charge in [0.1, 0.15) is 17.7 Å². The molecule has 3 aromatic rings. The summed E-state index contributed by atoms with van der Waals surface area (Å²) >= 11 is 0. The predicted molar refractivity (Wildman–Crippen MR) is 150 cm³/mol. The first-order chi connectivity index (χ1) is 18.9. The number of aromatic nitrogens is 1. The highest BCUT2D eigenvalue weighted by molar-refractivity contribution is 6.01. The van der Waals surface area contributed by atoms with Crippen molar-refractivity contribution in [2.75, 3.05) is 10.2 Å². The molecule has 1 fully saturated rings. The summed E-state index contributed by atoms with van der Waals surface area (Å²) in [5.74, 6) is -0.797. The normalized spacial score (nSPS) is 14.0. The first-order valence-electron chi connectivity index (χ1n) is 13.6. The molecule has 0 spiro atoms. The van der Waals surface area contributed by atoms with E-state index in [0.717, 1.165) is 37.7 Å². The number of halogens is 1. The third-order valence-electron chi connectivity index (χ3n) is 7.01. The maximum absolute atomic E-state index is 13.8. The average Bonchev–Trinajstić information content (AvgIpc) is 3.46. The van der Waals surface area contributed by atoms with Crippen molar-refractivity contribution >= 4 is 29.2 Å². The smallest absolute Gasteiger partial charge is 0.248 e. The highest BCUT2D eigenvalue weighted by Crippen LogP contribution is 2.31. The van der Waals surface area contributed by atoms with Gasteiger partial charge in [-0.3, -0.25) is 19.3 Å². The third kappa shape index (κ3) is 7.72. The zero-order valence-corrected chi connectivity index (χ0v) is 22.2. The molecule has 1 unspecified atom stereocenters. The van der Waals surface area contributed by atoms with Crippen LogP contribution in [0.2, 0.25) is 0 Å². The summed E-state index contributed by atoms with van der Waals surface area (Å²) in [5, 5.41) is 5.85. The van der Waals surface area contributed by atoms with Crippen LogP contribution in [-0.2, 0) is 20.8 Å². The fourth-order valence-corrected chi connectivity index (χ4v) is 4.91. The van der Waals surface area contributed by atoms with Gasteiger partial charge in [0.2, 0.25) is 17.7 Å². The van der Waals surface area contributed by atoms with Crippen LogP contribution in [0.25, 0.3) is 0 Å². The second-order valence-corrected chi connectivity index (χ2v) is 9.84. The number of benzene rings is 2. The molecule has 4 rings (SSSR count). The van der Waals surface area contributed by atoms with E-state index in [2.05, 4.69) is 15.6 Å². The molecule has 0 bridgehead atoms. The summed E-state index contributed by atoms with van der Waals surface area (Å²) < 4.78 is 13.8. The molecular formula is C31H35FN4O3. The van der Waals surface area contributed by atoms with E-state index in [9.17, 15) is 18.8 Å². The average molecular weight is 531 g/mol. The topological polar surface area (TPSA) is 91.4 Å². The summed E-state index contributed by atoms with van der Waals surface area (Å²) in [6, 6.07) is 17.6. The summed E-state index contributed by atoms with van der Waals surface area (Å²) in [5.41, 5.74) is 2.20. The number of aryl methyl sites for hydroxylation is 1. The summed E-state index contributed by atoms with van der Waals surface area (Å²) in [7, 11) is 0. The molecule has 0 saturated heterocycles. The molecule has 1 aromatic heterocycles. The van der Waals surface area contributed by atoms with Crippen molar-refractivity contribution in [3.63, 3.8) is 0 Å². The van der Waals surface area contributed by atoms with Crippen molar-refractivity contribution in [1.82, 2.24) is 10.3 Å². The molecule has 1 heterocycles. The van der Waals surface area contributed by atoms with Crippen LogP contribution in [0.1, 0.15) is 69.0 Å². The van der Waals surface area contributed by atoms with Gasteiger partial charge in [0.15, 0.2) is 0 Å². The van der Waals surface area contributed by atoms with E-state index >= 15 is 0 Å². The number of carbonyl (C=O) groups is 3. The predicted octanol–water partition coefficient (Wildman–Crippen LogP) is 5.73. The standard InChI is InChI=1S/C31H35FN4O3/c1-2-22-13-19-26(20-14-22)36(29(38)12-7-11-28(37)35-27-10-5-6-21-33-27)30(23-15-17-24(32)18-16-23)31(39)34-25-8-3-4-9-25/h5-6,10,13-21,25,30H,2-4,7-9,11-12H2,1H3,(H,34,39)(H,33,35,37). The van der Waals surface area contributed by atoms with Crippen molar-refractivity contribution in [1.29, 1.82) is 0 Å². The number of pyridine rings is 1. The van der Waals surface area contributed by atoms with Crippen molar-refractivity contribution < 1.29 is 18.8 Å². The molecule has 2 aromatic carbocycles. The third-order valence-corrected chi connectivity index (χ3v) is 7.01. The molecule has 1 saturated carbocycles. The lowest BCUT2D eigenvalue weighted by Crippen LogP contribution is -2.46. The lowest BCUT2D eigenvalue weighted by Gasteiger charge is -2.32. The molecule has 39 heavy (non-hydrogen) atoms. The van der Waals surface area contributed by atoms with Crippen molar-refractivity contribution in [3.8, 4) is 0 Å². The molecule has 0 aliphatic heterocycles. The number of rotatable bonds is 11. The molecule has 1 aliphatic rings. The van der Waals surface area contributed by atoms with E-state index < -0.39 is 11.9 Å². The summed E-state index contributed by atoms with van der Waals surface area (Å²) in [6.07, 6.45) is 6.79. The van der Waals surface area contributed by atoms with E-state index in [4.69, 9.17) is 0 Å². The van der Waals surface area contributed by atoms with E-state index in [1.165, 1.54) is 17.0 Å². The number of amides is 3. The van der Waals surface area contributed by atoms with Gasteiger partial charge in [0.25, 0.3) is 0 Å². The van der Waals surface area contributed by atoms with Crippen LogP contribution in [0.15, 0.2) is 72.9 Å². The molecule has 2 N–H and O–H groups in total. The van der Waals surface area contributed by atoms with Crippen molar-refractivity contribution in [3.05, 3.63) is 89.9 Å². The van der Waals surface area contributed by atoms with Gasteiger partial charge >= 0.3 is 0 Å². The fraction of sp³-hybridized carbons (Fsp3) is 0.355. The van der Waals surface area contributed by atoms with Crippen LogP contribution in [0.3, 0.4) is 0 Å². The highest BCUT2D eigenvalue weighted by Gasteiger charge is 2.34. The number of nitrogens with one attached hydrogen (secondary N) is 2. The van der Waals surface area contributed by atoms with E-state index in [-0.39, 0.29) is 36.6 Å². The Morgan fingerprint density at radius 2 is 1.69 bits per heavy atom. The zero-order chi connectivity index (χ0) is 27.6. The van der Waals surface area contributed by atoms with E-state index in [1.54, 1.807) is 36.5 Å². The molecule has 1 atom stereocenters. The molecular weight excluding hydrogens is 495 g/mol. The minimum atomic E-state index is -0.978. The highest BCUT2D eigenvalue weighted by atomic mass is 19.1. The minimum Gasteiger partial charge on any atom is -0.351 e. The van der Waals surface area contributed by atoms with Crippen LogP contribution in [0.4, 0.5) is 15.9 Å². The zero-order valence-electron chi connectivity index (χ0n) is 22.2. The Labute approximate surface area is 228 Å². The number of hydrogen-bond donors (Lipinski definition) is 2. The number of hydrogen-bond acceptors (Lipinski definition) is 4. The molecule has 3 amide bonds. The first-order valence-corrected chi connectivity index (χ1v) is 13.6. The second kappa shape index (κ2) is 13.6. The number of carbonyl (C=O) groups excluding carboxylic acids is 3. The Morgan fingerprint density at radius 3 is 2.33 bits per heavy atom. The van der Waals surface area contributed by atoms with E-state index in [0.29, 0.717) is 23.5 Å². The van der Waals surface area contributed by atoms with Gasteiger partial charge in [-0.15, -0.1) is 0 Å². The van der Waals surface area contributed by atoms with Crippen LogP contribution in [0.5, 0.6) is 0 Å². The van der Waals surface area contributed by atoms with Gasteiger partial charge in [0.05, 0.1) is 0 Å². The molecule has 204 valence electrons. The molecule has 8 heteroatoms. The maximum atomic E-state index is 13.8. The number of nitrogens with zero attached hydrogens (tertiary/aromatic N) is 2. The van der Waals surface area contributed by atoms with Gasteiger partial charge < -0.3 is 10.6 Å². The SMILES string of the molecule is CCc1ccc(N(C(=O)CCCC(=O)Nc2ccccn2)C(C(=O)NC2CCCC2)c2ccc(F)cc2)cc1. The van der Waals surface area contributed by atoms with Gasteiger partial charge in [-0.2, -0.15) is 0 Å². The van der Waals surface area contributed by atoms with Gasteiger partial charge in [-0.05, 0) is 73.2 Å². The maximum Gasteiger partial charge on any atom is 0.248 e. The Morgan fingerprint density at radius 1 is 0.974 bits per heavy atom. The Bertz CT molecular complexity index is 1240. The first kappa shape index (κ1) is 28.0. The molecule has 7 nitrogen and oxygen atoms in total. The molecule has 1 aliphatic carbocycles. The Kier molecular flexibility index (Phi) is 9.78. The van der Waals surface area contributed by atoms with E-state index in [1.807, 2.05) is 31.2 Å². The monoisotopic (exact) mass is 530 g/mol. The largest absolute Gasteiger partial charge is 0.351 e. The summed E-state index contributed by atoms with van der Waals surface area (Å²) in [6.45, 7) is 2.05. The van der Waals surface area contributed by atoms with Gasteiger partial charge in [-0.1, -0.05) is 50.1 Å². The fourth-order valence-electron chi connectivity index (χ4n) is 4.91. The van der Waals surface area contributed by atoms with Crippen molar-refractivity contribution in [2.24, 2.45) is 0 Å². The van der Waals surface area contributed by atoms with Crippen molar-refractivity contribution in [2.45, 2.75) is 70.4 Å². The second-order valence-electron chi connectivity index (χ2n) is 9.84. The van der Waals surface area contributed by atoms with Gasteiger partial charge in [0, 0.05) is 30.8 Å². The quantitative estimate of drug-likeness (QED) is 0.331. The van der Waals surface area contributed by atoms with Crippen LogP contribution >= 0.6 is 0 Å². The Balaban J connectivity index is 1.57. The Hall–Kier alpha value is -4.07. The van der Waals surface area contributed by atoms with Gasteiger partial charge in [-0.25, -0.2) is 9.37 Å². The van der Waals surface area contributed by atoms with Crippen LogP contribution in [0, 0.1) is 5.82 Å². The van der Waals surface area contributed by atoms with Crippen LogP contribution in [-0.4, -0.2) is 28.7 Å². The summed E-state index contributed by atoms with van der Waals surface area (Å²) in [4.78, 5) is 45.5. The lowest BCUT2D eigenvalue weighted by atomic mass is 10.0. The number of anilines is 2. The van der Waals surface area contributed by atoms with Crippen LogP contribution < -0.4 is 15.5 Å². The molecule has 0 radical (unpaired) electrons. The minimum absolute atomic E-state index is 0.0511.